The summed E-state index contributed by atoms with van der Waals surface area (Å²) in [6.07, 6.45) is -4.34. The van der Waals surface area contributed by atoms with Gasteiger partial charge in [0.25, 0.3) is 0 Å². The summed E-state index contributed by atoms with van der Waals surface area (Å²) in [5, 5.41) is 0. The summed E-state index contributed by atoms with van der Waals surface area (Å²) in [5.74, 6) is -0.365. The van der Waals surface area contributed by atoms with Gasteiger partial charge in [-0.25, -0.2) is 0 Å². The van der Waals surface area contributed by atoms with Gasteiger partial charge < -0.3 is 9.05 Å². The van der Waals surface area contributed by atoms with E-state index in [4.69, 9.17) is 9.05 Å². The van der Waals surface area contributed by atoms with Crippen molar-refractivity contribution in [2.75, 3.05) is 19.4 Å². The lowest BCUT2D eigenvalue weighted by Gasteiger charge is -2.21. The van der Waals surface area contributed by atoms with Crippen LogP contribution in [0.1, 0.15) is 37.8 Å². The molecule has 0 amide bonds. The molecule has 21 heavy (non-hydrogen) atoms. The molecule has 0 unspecified atom stereocenters. The SMILES string of the molecule is CCOP(=O)(C[C@H](C)c1cccc(C(F)(F)F)c1)OCC. The number of alkyl halides is 3. The largest absolute Gasteiger partial charge is 0.416 e. The molecule has 1 rings (SSSR count). The maximum Gasteiger partial charge on any atom is 0.416 e. The first-order chi connectivity index (χ1) is 9.72. The van der Waals surface area contributed by atoms with E-state index in [2.05, 4.69) is 0 Å². The minimum Gasteiger partial charge on any atom is -0.309 e. The van der Waals surface area contributed by atoms with E-state index in [1.54, 1.807) is 26.8 Å². The Morgan fingerprint density at radius 2 is 1.76 bits per heavy atom. The Balaban J connectivity index is 2.93. The number of halogens is 3. The van der Waals surface area contributed by atoms with Crippen molar-refractivity contribution in [3.63, 3.8) is 0 Å². The van der Waals surface area contributed by atoms with Gasteiger partial charge in [0.15, 0.2) is 0 Å². The van der Waals surface area contributed by atoms with Crippen molar-refractivity contribution in [3.8, 4) is 0 Å². The van der Waals surface area contributed by atoms with Crippen molar-refractivity contribution in [2.24, 2.45) is 0 Å². The lowest BCUT2D eigenvalue weighted by Crippen LogP contribution is -2.09. The highest BCUT2D eigenvalue weighted by Gasteiger charge is 2.32. The van der Waals surface area contributed by atoms with Gasteiger partial charge in [-0.3, -0.25) is 4.57 Å². The molecule has 0 bridgehead atoms. The Morgan fingerprint density at radius 1 is 1.19 bits per heavy atom. The van der Waals surface area contributed by atoms with E-state index in [-0.39, 0.29) is 25.3 Å². The van der Waals surface area contributed by atoms with Crippen molar-refractivity contribution in [1.82, 2.24) is 0 Å². The van der Waals surface area contributed by atoms with Gasteiger partial charge in [-0.2, -0.15) is 13.2 Å². The van der Waals surface area contributed by atoms with Gasteiger partial charge in [0.05, 0.1) is 24.9 Å². The highest BCUT2D eigenvalue weighted by molar-refractivity contribution is 7.53. The Morgan fingerprint density at radius 3 is 2.24 bits per heavy atom. The summed E-state index contributed by atoms with van der Waals surface area (Å²) in [6.45, 7) is 5.56. The maximum atomic E-state index is 12.7. The van der Waals surface area contributed by atoms with Crippen LogP contribution < -0.4 is 0 Å². The first-order valence-corrected chi connectivity index (χ1v) is 8.50. The Hall–Kier alpha value is -0.840. The summed E-state index contributed by atoms with van der Waals surface area (Å²) < 4.78 is 60.9. The van der Waals surface area contributed by atoms with Gasteiger partial charge in [0, 0.05) is 0 Å². The lowest BCUT2D eigenvalue weighted by atomic mass is 10.0. The molecule has 0 saturated carbocycles. The standard InChI is InChI=1S/C14H20F3O3P/c1-4-19-21(18,20-5-2)10-11(3)12-7-6-8-13(9-12)14(15,16)17/h6-9,11H,4-5,10H2,1-3H3/t11-/m0/s1. The van der Waals surface area contributed by atoms with Crippen LogP contribution in [0.5, 0.6) is 0 Å². The molecule has 120 valence electrons. The van der Waals surface area contributed by atoms with Crippen LogP contribution in [-0.4, -0.2) is 19.4 Å². The van der Waals surface area contributed by atoms with Crippen molar-refractivity contribution < 1.29 is 26.8 Å². The molecule has 0 N–H and O–H groups in total. The van der Waals surface area contributed by atoms with E-state index in [0.29, 0.717) is 5.56 Å². The van der Waals surface area contributed by atoms with E-state index < -0.39 is 19.3 Å². The zero-order chi connectivity index (χ0) is 16.1. The first kappa shape index (κ1) is 18.2. The predicted octanol–water partition coefficient (Wildman–Crippen LogP) is 5.08. The average molecular weight is 324 g/mol. The number of benzene rings is 1. The molecule has 1 aromatic rings. The van der Waals surface area contributed by atoms with Crippen LogP contribution >= 0.6 is 7.60 Å². The maximum absolute atomic E-state index is 12.7. The molecule has 7 heteroatoms. The summed E-state index contributed by atoms with van der Waals surface area (Å²) in [5.41, 5.74) is -0.251. The fraction of sp³-hybridized carbons (Fsp3) is 0.571. The average Bonchev–Trinajstić information content (AvgIpc) is 2.38. The van der Waals surface area contributed by atoms with Crippen molar-refractivity contribution in [2.45, 2.75) is 32.9 Å². The highest BCUT2D eigenvalue weighted by Crippen LogP contribution is 2.51. The minimum atomic E-state index is -4.39. The van der Waals surface area contributed by atoms with Gasteiger partial charge in [0.1, 0.15) is 0 Å². The van der Waals surface area contributed by atoms with Gasteiger partial charge in [-0.1, -0.05) is 25.1 Å². The molecular weight excluding hydrogens is 304 g/mol. The van der Waals surface area contributed by atoms with E-state index >= 15 is 0 Å². The number of rotatable bonds is 7. The Kier molecular flexibility index (Phi) is 6.44. The molecule has 0 aliphatic rings. The highest BCUT2D eigenvalue weighted by atomic mass is 31.2. The molecule has 3 nitrogen and oxygen atoms in total. The molecule has 0 aliphatic heterocycles. The van der Waals surface area contributed by atoms with Crippen LogP contribution in [0.25, 0.3) is 0 Å². The Bertz CT molecular complexity index is 492. The van der Waals surface area contributed by atoms with E-state index in [0.717, 1.165) is 12.1 Å². The molecule has 0 heterocycles. The van der Waals surface area contributed by atoms with Crippen molar-refractivity contribution in [1.29, 1.82) is 0 Å². The van der Waals surface area contributed by atoms with E-state index in [1.165, 1.54) is 6.07 Å². The van der Waals surface area contributed by atoms with Gasteiger partial charge in [-0.05, 0) is 31.4 Å². The van der Waals surface area contributed by atoms with Crippen LogP contribution in [0.2, 0.25) is 0 Å². The van der Waals surface area contributed by atoms with E-state index in [9.17, 15) is 17.7 Å². The van der Waals surface area contributed by atoms with Crippen LogP contribution in [0.3, 0.4) is 0 Å². The van der Waals surface area contributed by atoms with Gasteiger partial charge in [-0.15, -0.1) is 0 Å². The molecule has 0 spiro atoms. The molecular formula is C14H20F3O3P. The smallest absolute Gasteiger partial charge is 0.309 e. The number of hydrogen-bond acceptors (Lipinski definition) is 3. The van der Waals surface area contributed by atoms with Crippen molar-refractivity contribution in [3.05, 3.63) is 35.4 Å². The fourth-order valence-corrected chi connectivity index (χ4v) is 3.95. The monoisotopic (exact) mass is 324 g/mol. The second kappa shape index (κ2) is 7.43. The molecule has 0 aliphatic carbocycles. The molecule has 0 fully saturated rings. The summed E-state index contributed by atoms with van der Waals surface area (Å²) in [7, 11) is -3.28. The third-order valence-corrected chi connectivity index (χ3v) is 5.23. The van der Waals surface area contributed by atoms with Crippen LogP contribution in [-0.2, 0) is 19.8 Å². The molecule has 0 radical (unpaired) electrons. The second-order valence-electron chi connectivity index (χ2n) is 4.65. The normalized spacial score (nSPS) is 14.2. The molecule has 0 aromatic heterocycles. The fourth-order valence-electron chi connectivity index (χ4n) is 2.00. The summed E-state index contributed by atoms with van der Waals surface area (Å²) in [6, 6.07) is 5.02. The third-order valence-electron chi connectivity index (χ3n) is 2.93. The second-order valence-corrected chi connectivity index (χ2v) is 6.76. The topological polar surface area (TPSA) is 35.5 Å². The van der Waals surface area contributed by atoms with Crippen LogP contribution in [0, 0.1) is 0 Å². The molecule has 1 atom stereocenters. The lowest BCUT2D eigenvalue weighted by molar-refractivity contribution is -0.137. The minimum absolute atomic E-state index is 0.0516. The third kappa shape index (κ3) is 5.46. The molecule has 0 saturated heterocycles. The Labute approximate surface area is 123 Å². The van der Waals surface area contributed by atoms with Crippen molar-refractivity contribution >= 4 is 7.60 Å². The first-order valence-electron chi connectivity index (χ1n) is 6.77. The summed E-state index contributed by atoms with van der Waals surface area (Å²) in [4.78, 5) is 0. The molecule has 1 aromatic carbocycles. The zero-order valence-corrected chi connectivity index (χ0v) is 13.2. The quantitative estimate of drug-likeness (QED) is 0.657. The van der Waals surface area contributed by atoms with Crippen LogP contribution in [0.4, 0.5) is 13.2 Å². The predicted molar refractivity (Wildman–Crippen MR) is 75.6 cm³/mol. The van der Waals surface area contributed by atoms with Crippen LogP contribution in [0.15, 0.2) is 24.3 Å². The number of hydrogen-bond donors (Lipinski definition) is 0. The summed E-state index contributed by atoms with van der Waals surface area (Å²) >= 11 is 0. The van der Waals surface area contributed by atoms with Gasteiger partial charge in [0.2, 0.25) is 0 Å². The zero-order valence-electron chi connectivity index (χ0n) is 12.3. The van der Waals surface area contributed by atoms with Gasteiger partial charge >= 0.3 is 13.8 Å². The van der Waals surface area contributed by atoms with E-state index in [1.807, 2.05) is 0 Å².